The Hall–Kier alpha value is -2.08. The summed E-state index contributed by atoms with van der Waals surface area (Å²) in [4.78, 5) is 13.5. The van der Waals surface area contributed by atoms with Gasteiger partial charge in [-0.05, 0) is 18.6 Å². The van der Waals surface area contributed by atoms with Gasteiger partial charge >= 0.3 is 0 Å². The summed E-state index contributed by atoms with van der Waals surface area (Å²) < 4.78 is 0. The summed E-state index contributed by atoms with van der Waals surface area (Å²) in [6.45, 7) is 1.85. The van der Waals surface area contributed by atoms with E-state index in [9.17, 15) is 4.79 Å². The van der Waals surface area contributed by atoms with Gasteiger partial charge in [0.25, 0.3) is 0 Å². The zero-order chi connectivity index (χ0) is 12.1. The van der Waals surface area contributed by atoms with Crippen molar-refractivity contribution in [3.63, 3.8) is 0 Å². The fourth-order valence-corrected chi connectivity index (χ4v) is 1.21. The first-order chi connectivity index (χ1) is 7.54. The number of nitriles is 1. The van der Waals surface area contributed by atoms with Crippen LogP contribution in [0.15, 0.2) is 30.5 Å². The number of allylic oxidation sites excluding steroid dienone is 1. The van der Waals surface area contributed by atoms with E-state index >= 15 is 0 Å². The molecular formula is C13H14N2O. The standard InChI is InChI=1S/C13H14N2O/c1-10-4-5-11(8-12(10)9-14)13(16)6-7-15(2)3/h4-8H,1-3H3/b7-6+. The van der Waals surface area contributed by atoms with E-state index in [1.807, 2.05) is 21.0 Å². The van der Waals surface area contributed by atoms with Crippen molar-refractivity contribution in [2.45, 2.75) is 6.92 Å². The molecule has 0 saturated carbocycles. The van der Waals surface area contributed by atoms with Crippen molar-refractivity contribution in [1.29, 1.82) is 5.26 Å². The van der Waals surface area contributed by atoms with E-state index in [1.54, 1.807) is 29.3 Å². The average molecular weight is 214 g/mol. The van der Waals surface area contributed by atoms with Gasteiger partial charge in [0.2, 0.25) is 0 Å². The third kappa shape index (κ3) is 2.96. The van der Waals surface area contributed by atoms with Crippen LogP contribution >= 0.6 is 0 Å². The third-order valence-electron chi connectivity index (χ3n) is 2.17. The summed E-state index contributed by atoms with van der Waals surface area (Å²) in [7, 11) is 3.69. The minimum Gasteiger partial charge on any atom is -0.383 e. The van der Waals surface area contributed by atoms with Gasteiger partial charge in [0.15, 0.2) is 5.78 Å². The quantitative estimate of drug-likeness (QED) is 0.572. The van der Waals surface area contributed by atoms with Crippen LogP contribution in [0.5, 0.6) is 0 Å². The average Bonchev–Trinajstić information content (AvgIpc) is 2.26. The van der Waals surface area contributed by atoms with Crippen LogP contribution in [0.4, 0.5) is 0 Å². The number of ketones is 1. The normalized spacial score (nSPS) is 10.1. The van der Waals surface area contributed by atoms with Crippen molar-refractivity contribution < 1.29 is 4.79 Å². The van der Waals surface area contributed by atoms with Gasteiger partial charge in [0.05, 0.1) is 11.6 Å². The predicted octanol–water partition coefficient (Wildman–Crippen LogP) is 2.12. The number of nitrogens with zero attached hydrogens (tertiary/aromatic N) is 2. The van der Waals surface area contributed by atoms with Crippen LogP contribution in [0.25, 0.3) is 0 Å². The Labute approximate surface area is 95.6 Å². The van der Waals surface area contributed by atoms with E-state index in [-0.39, 0.29) is 5.78 Å². The molecule has 1 rings (SSSR count). The summed E-state index contributed by atoms with van der Waals surface area (Å²) in [6.07, 6.45) is 3.18. The van der Waals surface area contributed by atoms with Crippen LogP contribution in [-0.2, 0) is 0 Å². The van der Waals surface area contributed by atoms with Gasteiger partial charge in [0, 0.05) is 31.9 Å². The molecule has 16 heavy (non-hydrogen) atoms. The minimum atomic E-state index is -0.0924. The second kappa shape index (κ2) is 5.13. The molecule has 1 aromatic rings. The number of rotatable bonds is 3. The van der Waals surface area contributed by atoms with Gasteiger partial charge in [-0.25, -0.2) is 0 Å². The lowest BCUT2D eigenvalue weighted by molar-refractivity contribution is 0.104. The number of aryl methyl sites for hydroxylation is 1. The van der Waals surface area contributed by atoms with Gasteiger partial charge in [-0.3, -0.25) is 4.79 Å². The van der Waals surface area contributed by atoms with Gasteiger partial charge in [-0.2, -0.15) is 5.26 Å². The molecule has 82 valence electrons. The van der Waals surface area contributed by atoms with Crippen LogP contribution in [-0.4, -0.2) is 24.8 Å². The maximum Gasteiger partial charge on any atom is 0.187 e. The fraction of sp³-hybridized carbons (Fsp3) is 0.231. The van der Waals surface area contributed by atoms with E-state index in [0.717, 1.165) is 5.56 Å². The first-order valence-electron chi connectivity index (χ1n) is 4.94. The van der Waals surface area contributed by atoms with Crippen molar-refractivity contribution in [3.8, 4) is 6.07 Å². The van der Waals surface area contributed by atoms with E-state index in [2.05, 4.69) is 6.07 Å². The van der Waals surface area contributed by atoms with Crippen LogP contribution < -0.4 is 0 Å². The first-order valence-corrected chi connectivity index (χ1v) is 4.94. The van der Waals surface area contributed by atoms with Crippen LogP contribution in [0, 0.1) is 18.3 Å². The molecule has 0 radical (unpaired) electrons. The molecule has 0 amide bonds. The zero-order valence-corrected chi connectivity index (χ0v) is 9.69. The summed E-state index contributed by atoms with van der Waals surface area (Å²) in [5.41, 5.74) is 1.97. The molecule has 0 atom stereocenters. The Morgan fingerprint density at radius 1 is 1.44 bits per heavy atom. The Kier molecular flexibility index (Phi) is 3.84. The van der Waals surface area contributed by atoms with Gasteiger partial charge in [-0.15, -0.1) is 0 Å². The smallest absolute Gasteiger partial charge is 0.187 e. The van der Waals surface area contributed by atoms with E-state index < -0.39 is 0 Å². The number of carbonyl (C=O) groups excluding carboxylic acids is 1. The van der Waals surface area contributed by atoms with Crippen molar-refractivity contribution >= 4 is 5.78 Å². The first kappa shape index (κ1) is 12.0. The Balaban J connectivity index is 2.98. The monoisotopic (exact) mass is 214 g/mol. The molecule has 3 heteroatoms. The summed E-state index contributed by atoms with van der Waals surface area (Å²) in [5, 5.41) is 8.86. The molecule has 0 aliphatic rings. The second-order valence-electron chi connectivity index (χ2n) is 3.79. The maximum atomic E-state index is 11.7. The highest BCUT2D eigenvalue weighted by atomic mass is 16.1. The van der Waals surface area contributed by atoms with Crippen molar-refractivity contribution in [2.24, 2.45) is 0 Å². The van der Waals surface area contributed by atoms with Gasteiger partial charge in [0.1, 0.15) is 0 Å². The third-order valence-corrected chi connectivity index (χ3v) is 2.17. The lowest BCUT2D eigenvalue weighted by atomic mass is 10.0. The van der Waals surface area contributed by atoms with Crippen LogP contribution in [0.1, 0.15) is 21.5 Å². The number of hydrogen-bond acceptors (Lipinski definition) is 3. The lowest BCUT2D eigenvalue weighted by Crippen LogP contribution is -2.03. The predicted molar refractivity (Wildman–Crippen MR) is 63.1 cm³/mol. The molecule has 0 spiro atoms. The lowest BCUT2D eigenvalue weighted by Gasteiger charge is -2.03. The molecule has 0 aromatic heterocycles. The molecule has 0 bridgehead atoms. The van der Waals surface area contributed by atoms with Gasteiger partial charge < -0.3 is 4.90 Å². The van der Waals surface area contributed by atoms with Gasteiger partial charge in [-0.1, -0.05) is 12.1 Å². The van der Waals surface area contributed by atoms with E-state index in [1.165, 1.54) is 6.08 Å². The minimum absolute atomic E-state index is 0.0924. The molecule has 0 fully saturated rings. The molecular weight excluding hydrogens is 200 g/mol. The highest BCUT2D eigenvalue weighted by Gasteiger charge is 2.04. The molecule has 0 aliphatic heterocycles. The SMILES string of the molecule is Cc1ccc(C(=O)/C=C/N(C)C)cc1C#N. The zero-order valence-electron chi connectivity index (χ0n) is 9.69. The van der Waals surface area contributed by atoms with Crippen LogP contribution in [0.2, 0.25) is 0 Å². The Morgan fingerprint density at radius 2 is 2.12 bits per heavy atom. The topological polar surface area (TPSA) is 44.1 Å². The second-order valence-corrected chi connectivity index (χ2v) is 3.79. The molecule has 1 aromatic carbocycles. The molecule has 3 nitrogen and oxygen atoms in total. The highest BCUT2D eigenvalue weighted by molar-refractivity contribution is 6.04. The van der Waals surface area contributed by atoms with E-state index in [4.69, 9.17) is 5.26 Å². The molecule has 0 saturated heterocycles. The number of carbonyl (C=O) groups is 1. The Bertz CT molecular complexity index is 467. The van der Waals surface area contributed by atoms with Crippen LogP contribution in [0.3, 0.4) is 0 Å². The molecule has 0 unspecified atom stereocenters. The number of hydrogen-bond donors (Lipinski definition) is 0. The summed E-state index contributed by atoms with van der Waals surface area (Å²) >= 11 is 0. The van der Waals surface area contributed by atoms with E-state index in [0.29, 0.717) is 11.1 Å². The summed E-state index contributed by atoms with van der Waals surface area (Å²) in [6, 6.07) is 7.21. The number of benzene rings is 1. The van der Waals surface area contributed by atoms with Crippen molar-refractivity contribution in [1.82, 2.24) is 4.90 Å². The Morgan fingerprint density at radius 3 is 2.69 bits per heavy atom. The van der Waals surface area contributed by atoms with Crippen molar-refractivity contribution in [3.05, 3.63) is 47.2 Å². The fourth-order valence-electron chi connectivity index (χ4n) is 1.21. The maximum absolute atomic E-state index is 11.7. The highest BCUT2D eigenvalue weighted by Crippen LogP contribution is 2.11. The molecule has 0 heterocycles. The largest absolute Gasteiger partial charge is 0.383 e. The molecule has 0 aliphatic carbocycles. The molecule has 0 N–H and O–H groups in total. The van der Waals surface area contributed by atoms with Crippen molar-refractivity contribution in [2.75, 3.05) is 14.1 Å². The summed E-state index contributed by atoms with van der Waals surface area (Å²) in [5.74, 6) is -0.0924.